The Morgan fingerprint density at radius 2 is 2.42 bits per heavy atom. The molecule has 1 aliphatic rings. The van der Waals surface area contributed by atoms with E-state index in [-0.39, 0.29) is 18.2 Å². The lowest BCUT2D eigenvalue weighted by molar-refractivity contribution is 0.236. The Kier molecular flexibility index (Phi) is 3.19. The monoisotopic (exact) mass is 278 g/mol. The van der Waals surface area contributed by atoms with Crippen molar-refractivity contribution in [1.29, 1.82) is 0 Å². The van der Waals surface area contributed by atoms with E-state index >= 15 is 0 Å². The largest absolute Gasteiger partial charge is 0.394 e. The summed E-state index contributed by atoms with van der Waals surface area (Å²) in [5.74, 6) is 0.694. The van der Waals surface area contributed by atoms with Crippen LogP contribution in [0.3, 0.4) is 0 Å². The van der Waals surface area contributed by atoms with Crippen LogP contribution in [-0.4, -0.2) is 21.3 Å². The van der Waals surface area contributed by atoms with E-state index < -0.39 is 0 Å². The van der Waals surface area contributed by atoms with Crippen LogP contribution in [0.4, 0.5) is 0 Å². The van der Waals surface area contributed by atoms with Gasteiger partial charge in [0.1, 0.15) is 4.83 Å². The molecule has 0 radical (unpaired) electrons. The van der Waals surface area contributed by atoms with Gasteiger partial charge in [-0.1, -0.05) is 6.92 Å². The Balaban J connectivity index is 2.23. The molecule has 3 rings (SSSR count). The molecule has 1 aliphatic carbocycles. The molecule has 2 aromatic heterocycles. The van der Waals surface area contributed by atoms with Gasteiger partial charge >= 0.3 is 0 Å². The Labute approximate surface area is 115 Å². The lowest BCUT2D eigenvalue weighted by Gasteiger charge is -2.17. The van der Waals surface area contributed by atoms with Crippen LogP contribution >= 0.6 is 11.3 Å². The SMILES string of the molecule is C[C@@H]1CCc2c(sc3ncn([C@H](C)CO)c(=O)c23)C1. The predicted octanol–water partition coefficient (Wildman–Crippen LogP) is 2.14. The molecule has 0 aromatic carbocycles. The van der Waals surface area contributed by atoms with Crippen LogP contribution in [0.1, 0.15) is 36.8 Å². The molecule has 1 N–H and O–H groups in total. The Morgan fingerprint density at radius 1 is 1.63 bits per heavy atom. The van der Waals surface area contributed by atoms with Crippen molar-refractivity contribution in [2.45, 2.75) is 39.2 Å². The van der Waals surface area contributed by atoms with Crippen LogP contribution in [0.2, 0.25) is 0 Å². The van der Waals surface area contributed by atoms with E-state index in [1.165, 1.54) is 10.4 Å². The second-order valence-electron chi connectivity index (χ2n) is 5.52. The van der Waals surface area contributed by atoms with Crippen LogP contribution in [0.25, 0.3) is 10.2 Å². The van der Waals surface area contributed by atoms with E-state index in [9.17, 15) is 9.90 Å². The molecule has 0 spiro atoms. The molecule has 102 valence electrons. The molecule has 0 saturated carbocycles. The third kappa shape index (κ3) is 2.01. The summed E-state index contributed by atoms with van der Waals surface area (Å²) in [6.45, 7) is 4.04. The molecule has 0 saturated heterocycles. The highest BCUT2D eigenvalue weighted by Crippen LogP contribution is 2.35. The van der Waals surface area contributed by atoms with Crippen molar-refractivity contribution in [2.75, 3.05) is 6.61 Å². The fourth-order valence-electron chi connectivity index (χ4n) is 2.75. The summed E-state index contributed by atoms with van der Waals surface area (Å²) < 4.78 is 1.55. The van der Waals surface area contributed by atoms with E-state index in [1.807, 2.05) is 6.92 Å². The molecule has 2 aromatic rings. The first-order valence-electron chi connectivity index (χ1n) is 6.74. The minimum absolute atomic E-state index is 0.00129. The third-order valence-electron chi connectivity index (χ3n) is 3.98. The third-order valence-corrected chi connectivity index (χ3v) is 5.14. The van der Waals surface area contributed by atoms with Crippen molar-refractivity contribution in [3.63, 3.8) is 0 Å². The highest BCUT2D eigenvalue weighted by molar-refractivity contribution is 7.18. The van der Waals surface area contributed by atoms with Crippen molar-refractivity contribution in [3.8, 4) is 0 Å². The molecule has 0 amide bonds. The molecular weight excluding hydrogens is 260 g/mol. The molecule has 2 heterocycles. The topological polar surface area (TPSA) is 55.1 Å². The summed E-state index contributed by atoms with van der Waals surface area (Å²) in [6.07, 6.45) is 4.75. The predicted molar refractivity (Wildman–Crippen MR) is 76.9 cm³/mol. The van der Waals surface area contributed by atoms with Gasteiger partial charge in [0.05, 0.1) is 24.4 Å². The molecule has 2 atom stereocenters. The number of aliphatic hydroxyl groups is 1. The average molecular weight is 278 g/mol. The van der Waals surface area contributed by atoms with Gasteiger partial charge in [-0.15, -0.1) is 11.3 Å². The average Bonchev–Trinajstić information content (AvgIpc) is 2.76. The highest BCUT2D eigenvalue weighted by Gasteiger charge is 2.23. The van der Waals surface area contributed by atoms with Crippen molar-refractivity contribution < 1.29 is 5.11 Å². The molecule has 4 nitrogen and oxygen atoms in total. The number of hydrogen-bond acceptors (Lipinski definition) is 4. The molecule has 0 aliphatic heterocycles. The maximum atomic E-state index is 12.6. The van der Waals surface area contributed by atoms with Gasteiger partial charge in [0.25, 0.3) is 5.56 Å². The quantitative estimate of drug-likeness (QED) is 0.915. The molecule has 0 bridgehead atoms. The number of rotatable bonds is 2. The lowest BCUT2D eigenvalue weighted by atomic mass is 9.89. The van der Waals surface area contributed by atoms with Crippen LogP contribution in [0, 0.1) is 5.92 Å². The maximum absolute atomic E-state index is 12.6. The molecular formula is C14H18N2O2S. The lowest BCUT2D eigenvalue weighted by Crippen LogP contribution is -2.26. The minimum atomic E-state index is -0.220. The van der Waals surface area contributed by atoms with Crippen LogP contribution < -0.4 is 5.56 Å². The first-order valence-corrected chi connectivity index (χ1v) is 7.55. The highest BCUT2D eigenvalue weighted by atomic mass is 32.1. The number of thiophene rings is 1. The zero-order valence-electron chi connectivity index (χ0n) is 11.2. The van der Waals surface area contributed by atoms with Gasteiger partial charge in [0, 0.05) is 4.88 Å². The van der Waals surface area contributed by atoms with E-state index in [1.54, 1.807) is 22.2 Å². The van der Waals surface area contributed by atoms with Gasteiger partial charge in [-0.25, -0.2) is 4.98 Å². The summed E-state index contributed by atoms with van der Waals surface area (Å²) in [5.41, 5.74) is 1.20. The Morgan fingerprint density at radius 3 is 3.16 bits per heavy atom. The summed E-state index contributed by atoms with van der Waals surface area (Å²) in [5, 5.41) is 10.0. The first-order chi connectivity index (χ1) is 9.11. The number of aryl methyl sites for hydroxylation is 1. The minimum Gasteiger partial charge on any atom is -0.394 e. The van der Waals surface area contributed by atoms with Crippen molar-refractivity contribution in [3.05, 3.63) is 27.1 Å². The van der Waals surface area contributed by atoms with Crippen molar-refractivity contribution in [2.24, 2.45) is 5.92 Å². The van der Waals surface area contributed by atoms with E-state index in [0.29, 0.717) is 5.92 Å². The first kappa shape index (κ1) is 12.8. The van der Waals surface area contributed by atoms with Crippen LogP contribution in [0.5, 0.6) is 0 Å². The van der Waals surface area contributed by atoms with E-state index in [2.05, 4.69) is 11.9 Å². The molecule has 0 unspecified atom stereocenters. The Bertz CT molecular complexity index is 674. The fraction of sp³-hybridized carbons (Fsp3) is 0.571. The van der Waals surface area contributed by atoms with E-state index in [0.717, 1.165) is 29.5 Å². The maximum Gasteiger partial charge on any atom is 0.262 e. The number of aromatic nitrogens is 2. The van der Waals surface area contributed by atoms with Gasteiger partial charge in [0.2, 0.25) is 0 Å². The van der Waals surface area contributed by atoms with E-state index in [4.69, 9.17) is 0 Å². The number of nitrogens with zero attached hydrogens (tertiary/aromatic N) is 2. The second kappa shape index (κ2) is 4.72. The zero-order valence-corrected chi connectivity index (χ0v) is 12.0. The Hall–Kier alpha value is -1.20. The summed E-state index contributed by atoms with van der Waals surface area (Å²) in [6, 6.07) is -0.220. The van der Waals surface area contributed by atoms with Gasteiger partial charge in [-0.05, 0) is 37.7 Å². The normalized spacial score (nSPS) is 20.5. The van der Waals surface area contributed by atoms with Gasteiger partial charge in [-0.2, -0.15) is 0 Å². The van der Waals surface area contributed by atoms with Gasteiger partial charge < -0.3 is 5.11 Å². The van der Waals surface area contributed by atoms with Crippen LogP contribution in [0.15, 0.2) is 11.1 Å². The molecule has 0 fully saturated rings. The summed E-state index contributed by atoms with van der Waals surface area (Å²) in [4.78, 5) is 19.2. The molecule has 5 heteroatoms. The van der Waals surface area contributed by atoms with Crippen molar-refractivity contribution in [1.82, 2.24) is 9.55 Å². The smallest absolute Gasteiger partial charge is 0.262 e. The number of hydrogen-bond donors (Lipinski definition) is 1. The number of fused-ring (bicyclic) bond motifs is 3. The standard InChI is InChI=1S/C14H18N2O2S/c1-8-3-4-10-11(5-8)19-13-12(10)14(18)16(7-15-13)9(2)6-17/h7-9,17H,3-6H2,1-2H3/t8-,9-/m1/s1. The van der Waals surface area contributed by atoms with Crippen LogP contribution in [-0.2, 0) is 12.8 Å². The second-order valence-corrected chi connectivity index (χ2v) is 6.60. The van der Waals surface area contributed by atoms with Crippen molar-refractivity contribution >= 4 is 21.6 Å². The summed E-state index contributed by atoms with van der Waals surface area (Å²) in [7, 11) is 0. The number of aliphatic hydroxyl groups excluding tert-OH is 1. The van der Waals surface area contributed by atoms with Gasteiger partial charge in [-0.3, -0.25) is 9.36 Å². The van der Waals surface area contributed by atoms with Gasteiger partial charge in [0.15, 0.2) is 0 Å². The zero-order chi connectivity index (χ0) is 13.6. The summed E-state index contributed by atoms with van der Waals surface area (Å²) >= 11 is 1.66. The molecule has 19 heavy (non-hydrogen) atoms. The fourth-order valence-corrected chi connectivity index (χ4v) is 4.09.